The predicted octanol–water partition coefficient (Wildman–Crippen LogP) is 0.832. The lowest BCUT2D eigenvalue weighted by Gasteiger charge is -2.23. The zero-order valence-corrected chi connectivity index (χ0v) is 6.39. The minimum atomic E-state index is 0.0579. The maximum Gasteiger partial charge on any atom is 0.0290 e. The highest BCUT2D eigenvalue weighted by Gasteiger charge is 2.16. The van der Waals surface area contributed by atoms with Gasteiger partial charge in [-0.15, -0.1) is 0 Å². The standard InChI is InChI=1S/C7H16N2/c1-7(2,3)6(9)4-5-8/h4-6H,8-9H2,1-3H3/b5-4-. The van der Waals surface area contributed by atoms with E-state index in [1.165, 1.54) is 6.20 Å². The summed E-state index contributed by atoms with van der Waals surface area (Å²) in [5.41, 5.74) is 11.0. The molecule has 0 saturated carbocycles. The first-order chi connectivity index (χ1) is 3.98. The molecule has 0 aliphatic carbocycles. The summed E-state index contributed by atoms with van der Waals surface area (Å²) < 4.78 is 0. The molecule has 0 heterocycles. The zero-order chi connectivity index (χ0) is 7.49. The van der Waals surface area contributed by atoms with E-state index in [0.29, 0.717) is 0 Å². The quantitative estimate of drug-likeness (QED) is 0.549. The van der Waals surface area contributed by atoms with Crippen molar-refractivity contribution in [3.05, 3.63) is 12.3 Å². The second-order valence-electron chi connectivity index (χ2n) is 3.28. The minimum Gasteiger partial charge on any atom is -0.405 e. The van der Waals surface area contributed by atoms with Gasteiger partial charge in [0.1, 0.15) is 0 Å². The van der Waals surface area contributed by atoms with Gasteiger partial charge in [-0.3, -0.25) is 0 Å². The molecule has 0 aromatic rings. The van der Waals surface area contributed by atoms with Gasteiger partial charge in [0.15, 0.2) is 0 Å². The first kappa shape index (κ1) is 8.50. The van der Waals surface area contributed by atoms with Gasteiger partial charge in [0.2, 0.25) is 0 Å². The molecular formula is C7H16N2. The van der Waals surface area contributed by atoms with E-state index >= 15 is 0 Å². The molecule has 9 heavy (non-hydrogen) atoms. The lowest BCUT2D eigenvalue weighted by molar-refractivity contribution is 0.366. The molecule has 0 fully saturated rings. The van der Waals surface area contributed by atoms with Crippen molar-refractivity contribution in [1.29, 1.82) is 0 Å². The van der Waals surface area contributed by atoms with Crippen LogP contribution in [0.1, 0.15) is 20.8 Å². The number of hydrogen-bond acceptors (Lipinski definition) is 2. The fourth-order valence-corrected chi connectivity index (χ4v) is 0.408. The smallest absolute Gasteiger partial charge is 0.0290 e. The molecule has 0 aliphatic heterocycles. The Labute approximate surface area is 56.9 Å². The molecule has 1 atom stereocenters. The van der Waals surface area contributed by atoms with Crippen LogP contribution in [0, 0.1) is 5.41 Å². The van der Waals surface area contributed by atoms with Gasteiger partial charge in [-0.2, -0.15) is 0 Å². The lowest BCUT2D eigenvalue weighted by atomic mass is 9.87. The van der Waals surface area contributed by atoms with Crippen molar-refractivity contribution in [1.82, 2.24) is 0 Å². The summed E-state index contributed by atoms with van der Waals surface area (Å²) in [4.78, 5) is 0. The van der Waals surface area contributed by atoms with E-state index in [0.717, 1.165) is 0 Å². The number of rotatable bonds is 1. The third-order valence-electron chi connectivity index (χ3n) is 1.32. The average molecular weight is 128 g/mol. The molecule has 0 saturated heterocycles. The van der Waals surface area contributed by atoms with Crippen molar-refractivity contribution in [2.75, 3.05) is 0 Å². The summed E-state index contributed by atoms with van der Waals surface area (Å²) >= 11 is 0. The second-order valence-corrected chi connectivity index (χ2v) is 3.28. The van der Waals surface area contributed by atoms with Gasteiger partial charge < -0.3 is 11.5 Å². The van der Waals surface area contributed by atoms with Gasteiger partial charge in [0.05, 0.1) is 0 Å². The van der Waals surface area contributed by atoms with E-state index < -0.39 is 0 Å². The summed E-state index contributed by atoms with van der Waals surface area (Å²) in [5.74, 6) is 0. The van der Waals surface area contributed by atoms with Crippen LogP contribution in [-0.4, -0.2) is 6.04 Å². The van der Waals surface area contributed by atoms with Gasteiger partial charge in [-0.25, -0.2) is 0 Å². The fraction of sp³-hybridized carbons (Fsp3) is 0.714. The molecule has 54 valence electrons. The Kier molecular flexibility index (Phi) is 2.71. The van der Waals surface area contributed by atoms with Crippen LogP contribution in [0.3, 0.4) is 0 Å². The van der Waals surface area contributed by atoms with Crippen LogP contribution in [0.15, 0.2) is 12.3 Å². The number of hydrogen-bond donors (Lipinski definition) is 2. The molecule has 0 aliphatic rings. The van der Waals surface area contributed by atoms with E-state index in [1.54, 1.807) is 6.08 Å². The molecule has 0 spiro atoms. The Morgan fingerprint density at radius 2 is 1.78 bits per heavy atom. The highest BCUT2D eigenvalue weighted by Crippen LogP contribution is 2.17. The van der Waals surface area contributed by atoms with E-state index in [2.05, 4.69) is 20.8 Å². The Hall–Kier alpha value is -0.500. The predicted molar refractivity (Wildman–Crippen MR) is 40.8 cm³/mol. The van der Waals surface area contributed by atoms with Crippen LogP contribution in [0.25, 0.3) is 0 Å². The van der Waals surface area contributed by atoms with E-state index in [1.807, 2.05) is 0 Å². The van der Waals surface area contributed by atoms with Crippen molar-refractivity contribution in [3.8, 4) is 0 Å². The normalized spacial score (nSPS) is 16.4. The zero-order valence-electron chi connectivity index (χ0n) is 6.39. The monoisotopic (exact) mass is 128 g/mol. The third kappa shape index (κ3) is 3.14. The molecule has 4 N–H and O–H groups in total. The van der Waals surface area contributed by atoms with Crippen molar-refractivity contribution >= 4 is 0 Å². The van der Waals surface area contributed by atoms with Crippen LogP contribution in [0.5, 0.6) is 0 Å². The molecule has 0 aromatic heterocycles. The maximum atomic E-state index is 5.69. The Morgan fingerprint density at radius 1 is 1.33 bits per heavy atom. The van der Waals surface area contributed by atoms with E-state index in [4.69, 9.17) is 11.5 Å². The number of nitrogens with two attached hydrogens (primary N) is 2. The molecule has 0 bridgehead atoms. The summed E-state index contributed by atoms with van der Waals surface area (Å²) in [6.07, 6.45) is 3.30. The molecule has 2 nitrogen and oxygen atoms in total. The molecule has 0 radical (unpaired) electrons. The molecule has 0 amide bonds. The summed E-state index contributed by atoms with van der Waals surface area (Å²) in [5, 5.41) is 0. The van der Waals surface area contributed by atoms with Crippen LogP contribution in [0.4, 0.5) is 0 Å². The van der Waals surface area contributed by atoms with E-state index in [-0.39, 0.29) is 11.5 Å². The Morgan fingerprint density at radius 3 is 1.89 bits per heavy atom. The summed E-state index contributed by atoms with van der Waals surface area (Å²) in [6.45, 7) is 6.24. The first-order valence-electron chi connectivity index (χ1n) is 3.12. The Bertz CT molecular complexity index is 100.0. The van der Waals surface area contributed by atoms with Gasteiger partial charge in [0.25, 0.3) is 0 Å². The van der Waals surface area contributed by atoms with Gasteiger partial charge >= 0.3 is 0 Å². The van der Waals surface area contributed by atoms with Gasteiger partial charge in [-0.05, 0) is 11.6 Å². The largest absolute Gasteiger partial charge is 0.405 e. The molecular weight excluding hydrogens is 112 g/mol. The van der Waals surface area contributed by atoms with Crippen molar-refractivity contribution in [2.45, 2.75) is 26.8 Å². The van der Waals surface area contributed by atoms with Crippen LogP contribution in [0.2, 0.25) is 0 Å². The van der Waals surface area contributed by atoms with Crippen LogP contribution < -0.4 is 11.5 Å². The molecule has 1 unspecified atom stereocenters. The molecule has 0 rings (SSSR count). The highest BCUT2D eigenvalue weighted by atomic mass is 14.7. The summed E-state index contributed by atoms with van der Waals surface area (Å²) in [7, 11) is 0. The van der Waals surface area contributed by atoms with Crippen LogP contribution >= 0.6 is 0 Å². The lowest BCUT2D eigenvalue weighted by Crippen LogP contribution is -2.33. The van der Waals surface area contributed by atoms with Crippen LogP contribution in [-0.2, 0) is 0 Å². The summed E-state index contributed by atoms with van der Waals surface area (Å²) in [6, 6.07) is 0.0579. The van der Waals surface area contributed by atoms with Gasteiger partial charge in [-0.1, -0.05) is 26.8 Å². The third-order valence-corrected chi connectivity index (χ3v) is 1.32. The van der Waals surface area contributed by atoms with Crippen molar-refractivity contribution in [3.63, 3.8) is 0 Å². The second kappa shape index (κ2) is 2.87. The Balaban J connectivity index is 3.88. The molecule has 0 aromatic carbocycles. The van der Waals surface area contributed by atoms with Crippen molar-refractivity contribution in [2.24, 2.45) is 16.9 Å². The highest BCUT2D eigenvalue weighted by molar-refractivity contribution is 4.94. The SMILES string of the molecule is CC(C)(C)C(N)/C=C\N. The van der Waals surface area contributed by atoms with E-state index in [9.17, 15) is 0 Å². The first-order valence-corrected chi connectivity index (χ1v) is 3.12. The van der Waals surface area contributed by atoms with Crippen molar-refractivity contribution < 1.29 is 0 Å². The van der Waals surface area contributed by atoms with Gasteiger partial charge in [0, 0.05) is 6.04 Å². The molecule has 2 heteroatoms. The minimum absolute atomic E-state index is 0.0579. The maximum absolute atomic E-state index is 5.69. The fourth-order valence-electron chi connectivity index (χ4n) is 0.408. The average Bonchev–Trinajstić information content (AvgIpc) is 1.64. The topological polar surface area (TPSA) is 52.0 Å².